The summed E-state index contributed by atoms with van der Waals surface area (Å²) in [7, 11) is 1.30. The number of nitrogens with one attached hydrogen (secondary N) is 2. The van der Waals surface area contributed by atoms with Crippen molar-refractivity contribution in [2.45, 2.75) is 12.2 Å². The lowest BCUT2D eigenvalue weighted by Crippen LogP contribution is -2.38. The molecule has 0 heterocycles. The zero-order valence-corrected chi connectivity index (χ0v) is 19.4. The second-order valence-corrected chi connectivity index (χ2v) is 7.73. The third-order valence-electron chi connectivity index (χ3n) is 4.91. The molecule has 2 N–H and O–H groups in total. The van der Waals surface area contributed by atoms with Crippen LogP contribution in [0.25, 0.3) is 0 Å². The predicted octanol–water partition coefficient (Wildman–Crippen LogP) is 5.68. The molecule has 0 saturated heterocycles. The van der Waals surface area contributed by atoms with Crippen LogP contribution in [0.5, 0.6) is 5.75 Å². The number of nitro benzene ring substituents is 1. The van der Waals surface area contributed by atoms with Gasteiger partial charge in [0.2, 0.25) is 0 Å². The highest BCUT2D eigenvalue weighted by Gasteiger charge is 2.33. The van der Waals surface area contributed by atoms with Gasteiger partial charge in [0, 0.05) is 17.8 Å². The summed E-state index contributed by atoms with van der Waals surface area (Å²) in [6, 6.07) is 13.1. The molecular weight excluding hydrogens is 501 g/mol. The zero-order valence-electron chi connectivity index (χ0n) is 18.5. The Balaban J connectivity index is 1.90. The van der Waals surface area contributed by atoms with Gasteiger partial charge in [-0.05, 0) is 29.8 Å². The van der Waals surface area contributed by atoms with Crippen LogP contribution in [-0.4, -0.2) is 28.3 Å². The molecule has 0 spiro atoms. The van der Waals surface area contributed by atoms with Crippen LogP contribution in [0.1, 0.15) is 17.2 Å². The van der Waals surface area contributed by atoms with Crippen molar-refractivity contribution >= 4 is 41.8 Å². The molecule has 3 amide bonds. The third-order valence-corrected chi connectivity index (χ3v) is 5.32. The van der Waals surface area contributed by atoms with Crippen molar-refractivity contribution in [3.63, 3.8) is 0 Å². The Morgan fingerprint density at radius 1 is 1.03 bits per heavy atom. The molecule has 0 bridgehead atoms. The number of halogens is 3. The van der Waals surface area contributed by atoms with E-state index < -0.39 is 34.6 Å². The van der Waals surface area contributed by atoms with E-state index in [1.54, 1.807) is 18.2 Å². The minimum Gasteiger partial charge on any atom is -0.495 e. The lowest BCUT2D eigenvalue weighted by Gasteiger charge is -2.27. The first-order valence-corrected chi connectivity index (χ1v) is 10.6. The molecule has 0 saturated carbocycles. The van der Waals surface area contributed by atoms with Crippen molar-refractivity contribution in [2.24, 2.45) is 0 Å². The van der Waals surface area contributed by atoms with E-state index in [9.17, 15) is 32.9 Å². The number of carbonyl (C=O) groups is 2. The molecule has 0 radical (unpaired) electrons. The normalized spacial score (nSPS) is 11.8. The molecule has 0 aliphatic rings. The van der Waals surface area contributed by atoms with Gasteiger partial charge in [0.05, 0.1) is 23.3 Å². The van der Waals surface area contributed by atoms with E-state index in [0.29, 0.717) is 5.56 Å². The van der Waals surface area contributed by atoms with Crippen LogP contribution in [0, 0.1) is 10.1 Å². The molecule has 0 aromatic heterocycles. The monoisotopic (exact) mass is 520 g/mol. The van der Waals surface area contributed by atoms with Crippen LogP contribution >= 0.6 is 12.8 Å². The van der Waals surface area contributed by atoms with Crippen molar-refractivity contribution in [1.82, 2.24) is 4.31 Å². The molecule has 0 aliphatic heterocycles. The molecule has 1 unspecified atom stereocenters. The minimum atomic E-state index is -4.62. The first-order chi connectivity index (χ1) is 17.0. The number of benzene rings is 3. The summed E-state index contributed by atoms with van der Waals surface area (Å²) < 4.78 is 45.1. The lowest BCUT2D eigenvalue weighted by molar-refractivity contribution is -0.384. The Morgan fingerprint density at radius 3 is 2.33 bits per heavy atom. The summed E-state index contributed by atoms with van der Waals surface area (Å²) in [6.45, 7) is 0. The average Bonchev–Trinajstić information content (AvgIpc) is 2.84. The fourth-order valence-electron chi connectivity index (χ4n) is 3.22. The number of methoxy groups -OCH3 is 1. The van der Waals surface area contributed by atoms with E-state index in [0.717, 1.165) is 28.6 Å². The van der Waals surface area contributed by atoms with Gasteiger partial charge in [-0.3, -0.25) is 19.2 Å². The Morgan fingerprint density at radius 2 is 1.72 bits per heavy atom. The second-order valence-electron chi connectivity index (χ2n) is 7.30. The number of ether oxygens (including phenoxy) is 1. The smallest absolute Gasteiger partial charge is 0.416 e. The van der Waals surface area contributed by atoms with Gasteiger partial charge in [0.1, 0.15) is 11.8 Å². The number of hydrogen-bond acceptors (Lipinski definition) is 6. The number of hydrogen-bond donors (Lipinski definition) is 3. The molecule has 0 fully saturated rings. The number of nitrogens with zero attached hydrogens (tertiary/aromatic N) is 2. The molecule has 36 heavy (non-hydrogen) atoms. The molecule has 1 atom stereocenters. The van der Waals surface area contributed by atoms with E-state index in [-0.39, 0.29) is 22.8 Å². The molecule has 9 nitrogen and oxygen atoms in total. The summed E-state index contributed by atoms with van der Waals surface area (Å²) in [4.78, 5) is 36.6. The van der Waals surface area contributed by atoms with Crippen LogP contribution < -0.4 is 15.4 Å². The second kappa shape index (κ2) is 11.0. The van der Waals surface area contributed by atoms with Crippen LogP contribution in [0.2, 0.25) is 0 Å². The Hall–Kier alpha value is -4.26. The Labute approximate surface area is 208 Å². The number of non-ortho nitro benzene ring substituents is 1. The maximum atomic E-state index is 13.2. The summed E-state index contributed by atoms with van der Waals surface area (Å²) in [5, 5.41) is 15.9. The fraction of sp³-hybridized carbons (Fsp3) is 0.130. The number of carbonyl (C=O) groups excluding carboxylic acids is 2. The van der Waals surface area contributed by atoms with E-state index in [2.05, 4.69) is 23.4 Å². The average molecular weight is 520 g/mol. The largest absolute Gasteiger partial charge is 0.495 e. The van der Waals surface area contributed by atoms with Crippen LogP contribution in [0.4, 0.5) is 35.0 Å². The molecule has 3 aromatic rings. The van der Waals surface area contributed by atoms with E-state index >= 15 is 0 Å². The lowest BCUT2D eigenvalue weighted by atomic mass is 10.1. The number of anilines is 2. The van der Waals surface area contributed by atoms with Crippen LogP contribution in [0.15, 0.2) is 72.8 Å². The molecule has 188 valence electrons. The van der Waals surface area contributed by atoms with Gasteiger partial charge in [0.15, 0.2) is 0 Å². The molecule has 13 heteroatoms. The van der Waals surface area contributed by atoms with E-state index in [1.807, 2.05) is 0 Å². The fourth-order valence-corrected chi connectivity index (χ4v) is 3.51. The van der Waals surface area contributed by atoms with Gasteiger partial charge in [-0.1, -0.05) is 49.2 Å². The van der Waals surface area contributed by atoms with Gasteiger partial charge in [-0.2, -0.15) is 13.2 Å². The standard InChI is InChI=1S/C23H19F3N4O5S/c1-35-19-11-10-17(30(33)34)13-18(19)28-22(32)29(36)20(14-6-3-2-4-7-14)21(31)27-16-9-5-8-15(12-16)23(24,25)26/h2-13,20,36H,1H3,(H,27,31)(H,28,32). The third kappa shape index (κ3) is 6.24. The van der Waals surface area contributed by atoms with Crippen molar-refractivity contribution in [1.29, 1.82) is 0 Å². The maximum absolute atomic E-state index is 13.2. The highest BCUT2D eigenvalue weighted by Crippen LogP contribution is 2.33. The van der Waals surface area contributed by atoms with Crippen molar-refractivity contribution < 1.29 is 32.4 Å². The number of nitro groups is 1. The summed E-state index contributed by atoms with van der Waals surface area (Å²) in [5.41, 5.74) is -1.18. The molecule has 0 aliphatic carbocycles. The van der Waals surface area contributed by atoms with Gasteiger partial charge < -0.3 is 15.4 Å². The first kappa shape index (κ1) is 26.3. The van der Waals surface area contributed by atoms with E-state index in [1.165, 1.54) is 37.4 Å². The van der Waals surface area contributed by atoms with Crippen LogP contribution in [0.3, 0.4) is 0 Å². The van der Waals surface area contributed by atoms with E-state index in [4.69, 9.17) is 4.74 Å². The maximum Gasteiger partial charge on any atom is 0.416 e. The highest BCUT2D eigenvalue weighted by atomic mass is 32.1. The Kier molecular flexibility index (Phi) is 8.04. The summed E-state index contributed by atoms with van der Waals surface area (Å²) in [5.74, 6) is -0.739. The first-order valence-electron chi connectivity index (χ1n) is 10.2. The van der Waals surface area contributed by atoms with Gasteiger partial charge in [-0.15, -0.1) is 0 Å². The quantitative estimate of drug-likeness (QED) is 0.211. The van der Waals surface area contributed by atoms with Gasteiger partial charge in [-0.25, -0.2) is 4.79 Å². The number of alkyl halides is 3. The topological polar surface area (TPSA) is 114 Å². The number of thiol groups is 1. The predicted molar refractivity (Wildman–Crippen MR) is 129 cm³/mol. The van der Waals surface area contributed by atoms with Crippen molar-refractivity contribution in [2.75, 3.05) is 17.7 Å². The van der Waals surface area contributed by atoms with Crippen LogP contribution in [-0.2, 0) is 11.0 Å². The molecule has 3 rings (SSSR count). The van der Waals surface area contributed by atoms with Crippen molar-refractivity contribution in [3.05, 3.63) is 94.0 Å². The number of urea groups is 1. The number of rotatable bonds is 7. The SMILES string of the molecule is COc1ccc([N+](=O)[O-])cc1NC(=O)N(S)C(C(=O)Nc1cccc(C(F)(F)F)c1)c1ccccc1. The van der Waals surface area contributed by atoms with Crippen molar-refractivity contribution in [3.8, 4) is 5.75 Å². The summed E-state index contributed by atoms with van der Waals surface area (Å²) >= 11 is 4.17. The molecular formula is C23H19F3N4O5S. The molecule has 3 aromatic carbocycles. The minimum absolute atomic E-state index is 0.0548. The zero-order chi connectivity index (χ0) is 26.5. The summed E-state index contributed by atoms with van der Waals surface area (Å²) in [6.07, 6.45) is -4.62. The van der Waals surface area contributed by atoms with Gasteiger partial charge >= 0.3 is 12.2 Å². The Bertz CT molecular complexity index is 1270. The van der Waals surface area contributed by atoms with Gasteiger partial charge in [0.25, 0.3) is 11.6 Å². The number of amides is 3. The highest BCUT2D eigenvalue weighted by molar-refractivity contribution is 7.78.